The lowest BCUT2D eigenvalue weighted by Crippen LogP contribution is -2.38. The molecule has 1 unspecified atom stereocenters. The summed E-state index contributed by atoms with van der Waals surface area (Å²) in [7, 11) is 2.00. The summed E-state index contributed by atoms with van der Waals surface area (Å²) in [6.45, 7) is 5.96. The fraction of sp³-hybridized carbons (Fsp3) is 0.643. The number of likely N-dealkylation sites (tertiary alicyclic amines) is 1. The van der Waals surface area contributed by atoms with Crippen LogP contribution in [0, 0.1) is 12.8 Å². The smallest absolute Gasteiger partial charge is 0.300 e. The van der Waals surface area contributed by atoms with Crippen molar-refractivity contribution in [3.8, 4) is 0 Å². The summed E-state index contributed by atoms with van der Waals surface area (Å²) in [5.74, 6) is 6.51. The minimum atomic E-state index is -0.383. The van der Waals surface area contributed by atoms with E-state index in [0.717, 1.165) is 37.5 Å². The van der Waals surface area contributed by atoms with Crippen molar-refractivity contribution in [3.63, 3.8) is 0 Å². The van der Waals surface area contributed by atoms with Crippen LogP contribution in [0.25, 0.3) is 0 Å². The highest BCUT2D eigenvalue weighted by Crippen LogP contribution is 2.21. The number of nitrogens with one attached hydrogen (secondary N) is 2. The minimum Gasteiger partial charge on any atom is -0.456 e. The van der Waals surface area contributed by atoms with E-state index in [4.69, 9.17) is 10.3 Å². The molecule has 1 fully saturated rings. The normalized spacial score (nSPS) is 20.1. The molecule has 1 aliphatic rings. The highest BCUT2D eigenvalue weighted by Gasteiger charge is 2.21. The van der Waals surface area contributed by atoms with Crippen molar-refractivity contribution in [1.82, 2.24) is 15.6 Å². The van der Waals surface area contributed by atoms with E-state index in [9.17, 15) is 4.79 Å². The van der Waals surface area contributed by atoms with Gasteiger partial charge in [0, 0.05) is 18.7 Å². The third-order valence-corrected chi connectivity index (χ3v) is 3.87. The number of nitrogens with zero attached hydrogens (tertiary/aromatic N) is 1. The van der Waals surface area contributed by atoms with Crippen LogP contribution in [0.15, 0.2) is 10.5 Å². The summed E-state index contributed by atoms with van der Waals surface area (Å²) >= 11 is 0. The molecule has 1 aliphatic heterocycles. The van der Waals surface area contributed by atoms with Crippen LogP contribution in [0.3, 0.4) is 0 Å². The maximum Gasteiger partial charge on any atom is 0.300 e. The van der Waals surface area contributed by atoms with E-state index < -0.39 is 0 Å². The van der Waals surface area contributed by atoms with E-state index in [1.807, 2.05) is 14.0 Å². The van der Waals surface area contributed by atoms with Crippen LogP contribution in [0.4, 0.5) is 0 Å². The molecule has 4 N–H and O–H groups in total. The molecule has 0 saturated carbocycles. The van der Waals surface area contributed by atoms with Crippen LogP contribution in [0.5, 0.6) is 0 Å². The van der Waals surface area contributed by atoms with E-state index in [2.05, 4.69) is 15.6 Å². The quantitative estimate of drug-likeness (QED) is 0.418. The lowest BCUT2D eigenvalue weighted by Gasteiger charge is -2.32. The van der Waals surface area contributed by atoms with Gasteiger partial charge in [0.1, 0.15) is 5.76 Å². The predicted octanol–water partition coefficient (Wildman–Crippen LogP) is 0.623. The van der Waals surface area contributed by atoms with Crippen LogP contribution in [-0.4, -0.2) is 37.5 Å². The second-order valence-electron chi connectivity index (χ2n) is 5.47. The molecule has 1 amide bonds. The Hall–Kier alpha value is -1.37. The zero-order valence-corrected chi connectivity index (χ0v) is 12.2. The van der Waals surface area contributed by atoms with Gasteiger partial charge in [0.2, 0.25) is 0 Å². The highest BCUT2D eigenvalue weighted by atomic mass is 16.4. The van der Waals surface area contributed by atoms with Gasteiger partial charge in [-0.05, 0) is 51.9 Å². The van der Waals surface area contributed by atoms with Gasteiger partial charge in [-0.1, -0.05) is 0 Å². The molecule has 20 heavy (non-hydrogen) atoms. The van der Waals surface area contributed by atoms with Gasteiger partial charge in [-0.3, -0.25) is 15.1 Å². The number of hydrazine groups is 1. The summed E-state index contributed by atoms with van der Waals surface area (Å²) in [6, 6.07) is 1.79. The van der Waals surface area contributed by atoms with Crippen LogP contribution in [0.1, 0.15) is 34.7 Å². The molecule has 6 heteroatoms. The number of carbonyl (C=O) groups is 1. The maximum absolute atomic E-state index is 11.5. The molecular formula is C14H24N4O2. The third-order valence-electron chi connectivity index (χ3n) is 3.87. The molecule has 2 rings (SSSR count). The fourth-order valence-corrected chi connectivity index (χ4v) is 2.85. The summed E-state index contributed by atoms with van der Waals surface area (Å²) in [4.78, 5) is 13.9. The first-order chi connectivity index (χ1) is 9.63. The highest BCUT2D eigenvalue weighted by molar-refractivity contribution is 5.91. The van der Waals surface area contributed by atoms with Gasteiger partial charge in [-0.25, -0.2) is 5.84 Å². The number of aryl methyl sites for hydroxylation is 1. The van der Waals surface area contributed by atoms with Gasteiger partial charge >= 0.3 is 5.91 Å². The summed E-state index contributed by atoms with van der Waals surface area (Å²) < 4.78 is 5.45. The molecule has 0 radical (unpaired) electrons. The van der Waals surface area contributed by atoms with Crippen LogP contribution in [-0.2, 0) is 6.54 Å². The SMILES string of the molecule is CNCC1CCCN(Cc2cc(C(=O)NN)oc2C)C1. The minimum absolute atomic E-state index is 0.281. The van der Waals surface area contributed by atoms with Crippen molar-refractivity contribution < 1.29 is 9.21 Å². The van der Waals surface area contributed by atoms with Crippen LogP contribution < -0.4 is 16.6 Å². The van der Waals surface area contributed by atoms with Crippen molar-refractivity contribution in [2.75, 3.05) is 26.7 Å². The molecule has 1 aromatic rings. The Balaban J connectivity index is 1.99. The Bertz CT molecular complexity index is 456. The van der Waals surface area contributed by atoms with Crippen LogP contribution >= 0.6 is 0 Å². The Labute approximate surface area is 119 Å². The molecule has 0 aromatic carbocycles. The maximum atomic E-state index is 11.5. The van der Waals surface area contributed by atoms with E-state index in [0.29, 0.717) is 5.92 Å². The number of rotatable bonds is 5. The number of hydrogen-bond donors (Lipinski definition) is 3. The van der Waals surface area contributed by atoms with E-state index in [1.165, 1.54) is 12.8 Å². The number of piperidine rings is 1. The van der Waals surface area contributed by atoms with Crippen molar-refractivity contribution in [1.29, 1.82) is 0 Å². The van der Waals surface area contributed by atoms with Crippen molar-refractivity contribution in [2.24, 2.45) is 11.8 Å². The Kier molecular flexibility index (Phi) is 5.17. The van der Waals surface area contributed by atoms with Gasteiger partial charge < -0.3 is 9.73 Å². The zero-order valence-electron chi connectivity index (χ0n) is 12.2. The first-order valence-electron chi connectivity index (χ1n) is 7.11. The Morgan fingerprint density at radius 3 is 3.10 bits per heavy atom. The molecule has 1 aromatic heterocycles. The molecule has 2 heterocycles. The largest absolute Gasteiger partial charge is 0.456 e. The zero-order chi connectivity index (χ0) is 14.5. The van der Waals surface area contributed by atoms with Crippen molar-refractivity contribution in [2.45, 2.75) is 26.3 Å². The average Bonchev–Trinajstić information content (AvgIpc) is 2.80. The second kappa shape index (κ2) is 6.88. The number of furan rings is 1. The first kappa shape index (κ1) is 15.0. The van der Waals surface area contributed by atoms with Gasteiger partial charge in [0.15, 0.2) is 5.76 Å². The van der Waals surface area contributed by atoms with E-state index >= 15 is 0 Å². The Morgan fingerprint density at radius 2 is 2.40 bits per heavy atom. The topological polar surface area (TPSA) is 83.5 Å². The number of nitrogens with two attached hydrogens (primary N) is 1. The van der Waals surface area contributed by atoms with E-state index in [1.54, 1.807) is 6.07 Å². The molecule has 1 saturated heterocycles. The Morgan fingerprint density at radius 1 is 1.60 bits per heavy atom. The molecule has 0 aliphatic carbocycles. The molecule has 1 atom stereocenters. The molecule has 0 bridgehead atoms. The standard InChI is InChI=1S/C14H24N4O2/c1-10-12(6-13(20-10)14(19)17-15)9-18-5-3-4-11(8-18)7-16-2/h6,11,16H,3-5,7-9,15H2,1-2H3,(H,17,19). The number of hydrogen-bond acceptors (Lipinski definition) is 5. The van der Waals surface area contributed by atoms with Crippen molar-refractivity contribution >= 4 is 5.91 Å². The molecule has 112 valence electrons. The predicted molar refractivity (Wildman–Crippen MR) is 77.0 cm³/mol. The fourth-order valence-electron chi connectivity index (χ4n) is 2.85. The number of amides is 1. The van der Waals surface area contributed by atoms with Gasteiger partial charge in [0.05, 0.1) is 0 Å². The number of carbonyl (C=O) groups excluding carboxylic acids is 1. The monoisotopic (exact) mass is 280 g/mol. The summed E-state index contributed by atoms with van der Waals surface area (Å²) in [6.07, 6.45) is 2.50. The summed E-state index contributed by atoms with van der Waals surface area (Å²) in [5.41, 5.74) is 3.16. The lowest BCUT2D eigenvalue weighted by atomic mass is 9.97. The average molecular weight is 280 g/mol. The first-order valence-corrected chi connectivity index (χ1v) is 7.11. The molecule has 6 nitrogen and oxygen atoms in total. The molecule has 0 spiro atoms. The van der Waals surface area contributed by atoms with E-state index in [-0.39, 0.29) is 11.7 Å². The van der Waals surface area contributed by atoms with Crippen LogP contribution in [0.2, 0.25) is 0 Å². The van der Waals surface area contributed by atoms with Gasteiger partial charge in [-0.15, -0.1) is 0 Å². The van der Waals surface area contributed by atoms with Gasteiger partial charge in [-0.2, -0.15) is 0 Å². The lowest BCUT2D eigenvalue weighted by molar-refractivity contribution is 0.0924. The number of nitrogen functional groups attached to an aromatic ring is 1. The molecular weight excluding hydrogens is 256 g/mol. The van der Waals surface area contributed by atoms with Gasteiger partial charge in [0.25, 0.3) is 0 Å². The van der Waals surface area contributed by atoms with Crippen molar-refractivity contribution in [3.05, 3.63) is 23.2 Å². The third kappa shape index (κ3) is 3.59. The summed E-state index contributed by atoms with van der Waals surface area (Å²) in [5, 5.41) is 3.25. The second-order valence-corrected chi connectivity index (χ2v) is 5.47.